The Morgan fingerprint density at radius 2 is 1.71 bits per heavy atom. The summed E-state index contributed by atoms with van der Waals surface area (Å²) >= 11 is 1.25. The molecule has 0 aliphatic rings. The third kappa shape index (κ3) is 10.8. The topological polar surface area (TPSA) is 147 Å². The van der Waals surface area contributed by atoms with Crippen molar-refractivity contribution >= 4 is 40.6 Å². The van der Waals surface area contributed by atoms with Gasteiger partial charge in [0.15, 0.2) is 0 Å². The van der Waals surface area contributed by atoms with Gasteiger partial charge >= 0.3 is 0 Å². The first-order valence-corrected chi connectivity index (χ1v) is 16.3. The van der Waals surface area contributed by atoms with Gasteiger partial charge in [-0.1, -0.05) is 64.4 Å². The summed E-state index contributed by atoms with van der Waals surface area (Å²) in [5, 5.41) is 10.0. The number of carbonyl (C=O) groups excluding carboxylic acids is 5. The molecule has 0 fully saturated rings. The number of hydrogen-bond donors (Lipinski definition) is 3. The van der Waals surface area contributed by atoms with Gasteiger partial charge in [0.05, 0.1) is 6.54 Å². The fourth-order valence-corrected chi connectivity index (χ4v) is 6.15. The lowest BCUT2D eigenvalue weighted by Gasteiger charge is -2.36. The zero-order chi connectivity index (χ0) is 33.7. The van der Waals surface area contributed by atoms with Crippen molar-refractivity contribution in [2.45, 2.75) is 71.6 Å². The second kappa shape index (κ2) is 18.5. The van der Waals surface area contributed by atoms with Crippen molar-refractivity contribution in [2.24, 2.45) is 17.8 Å². The molecule has 12 heteroatoms. The Morgan fingerprint density at radius 1 is 1.04 bits per heavy atom. The molecule has 1 heterocycles. The minimum absolute atomic E-state index is 0.00274. The Balaban J connectivity index is 2.24. The van der Waals surface area contributed by atoms with E-state index in [2.05, 4.69) is 20.9 Å². The largest absolute Gasteiger partial charge is 0.374 e. The molecule has 1 aromatic heterocycles. The number of nitrogens with one attached hydrogen (secondary N) is 3. The van der Waals surface area contributed by atoms with E-state index in [9.17, 15) is 24.0 Å². The second-order valence-corrected chi connectivity index (χ2v) is 12.6. The van der Waals surface area contributed by atoms with Crippen molar-refractivity contribution in [1.82, 2.24) is 25.8 Å². The monoisotopic (exact) mass is 643 g/mol. The number of nitrogens with zero attached hydrogens (tertiary/aromatic N) is 2. The number of rotatable bonds is 19. The maximum atomic E-state index is 13.8. The molecule has 2 rings (SSSR count). The number of carbonyl (C=O) groups is 5. The van der Waals surface area contributed by atoms with Crippen molar-refractivity contribution in [2.75, 3.05) is 34.8 Å². The standard InChI is InChI=1S/C33H49N5O6S/c1-9-21(4)24(16-23(39)18-34-5)33(43)38(7)27(20(2)3)17-28(44-8)32-37-26(19-45-32)30(41)36-25(29(40)31(42)35-6)15-22-13-11-10-12-14-22/h10-14,19-21,24-25,27-28,34H,9,15-18H2,1-8H3,(H,35,42)(H,36,41)/t21?,24-,25-,27+,28?/m0/s1. The number of aromatic nitrogens is 1. The zero-order valence-corrected chi connectivity index (χ0v) is 28.5. The highest BCUT2D eigenvalue weighted by Gasteiger charge is 2.35. The van der Waals surface area contributed by atoms with E-state index >= 15 is 0 Å². The van der Waals surface area contributed by atoms with Gasteiger partial charge in [0.2, 0.25) is 11.7 Å². The summed E-state index contributed by atoms with van der Waals surface area (Å²) in [5.74, 6) is -2.54. The van der Waals surface area contributed by atoms with Crippen LogP contribution in [-0.2, 0) is 30.3 Å². The van der Waals surface area contributed by atoms with Crippen LogP contribution in [0.5, 0.6) is 0 Å². The number of thiazole rings is 1. The van der Waals surface area contributed by atoms with E-state index < -0.39 is 35.7 Å². The lowest BCUT2D eigenvalue weighted by atomic mass is 9.85. The number of benzene rings is 1. The number of methoxy groups -OCH3 is 1. The van der Waals surface area contributed by atoms with E-state index in [4.69, 9.17) is 4.74 Å². The van der Waals surface area contributed by atoms with Crippen LogP contribution in [0, 0.1) is 17.8 Å². The summed E-state index contributed by atoms with van der Waals surface area (Å²) in [5.41, 5.74) is 0.893. The molecule has 2 unspecified atom stereocenters. The highest BCUT2D eigenvalue weighted by molar-refractivity contribution is 7.09. The predicted molar refractivity (Wildman–Crippen MR) is 175 cm³/mol. The van der Waals surface area contributed by atoms with E-state index in [1.165, 1.54) is 18.4 Å². The van der Waals surface area contributed by atoms with Crippen LogP contribution in [0.1, 0.15) is 74.1 Å². The molecule has 1 aromatic carbocycles. The molecular weight excluding hydrogens is 594 g/mol. The number of ketones is 2. The average molecular weight is 644 g/mol. The van der Waals surface area contributed by atoms with Crippen LogP contribution in [0.25, 0.3) is 0 Å². The number of likely N-dealkylation sites (N-methyl/N-ethyl adjacent to an activating group) is 2. The molecule has 0 radical (unpaired) electrons. The minimum atomic E-state index is -1.08. The normalized spacial score (nSPS) is 14.6. The molecule has 45 heavy (non-hydrogen) atoms. The Bertz CT molecular complexity index is 1280. The van der Waals surface area contributed by atoms with Crippen LogP contribution in [0.3, 0.4) is 0 Å². The van der Waals surface area contributed by atoms with Crippen molar-refractivity contribution in [3.63, 3.8) is 0 Å². The van der Waals surface area contributed by atoms with Gasteiger partial charge in [0, 0.05) is 57.8 Å². The van der Waals surface area contributed by atoms with Crippen molar-refractivity contribution in [3.05, 3.63) is 52.0 Å². The Hall–Kier alpha value is -3.48. The second-order valence-electron chi connectivity index (χ2n) is 11.7. The number of Topliss-reactive ketones (excluding diaryl/α,β-unsaturated/α-hetero) is 2. The van der Waals surface area contributed by atoms with E-state index in [-0.39, 0.29) is 54.6 Å². The first kappa shape index (κ1) is 37.7. The molecule has 0 aliphatic carbocycles. The molecule has 5 atom stereocenters. The molecule has 0 saturated heterocycles. The number of ether oxygens (including phenoxy) is 1. The van der Waals surface area contributed by atoms with Crippen LogP contribution < -0.4 is 16.0 Å². The number of amides is 3. The van der Waals surface area contributed by atoms with Crippen molar-refractivity contribution in [1.29, 1.82) is 0 Å². The molecule has 0 aliphatic heterocycles. The molecule has 11 nitrogen and oxygen atoms in total. The van der Waals surface area contributed by atoms with Crippen LogP contribution in [-0.4, -0.2) is 86.1 Å². The van der Waals surface area contributed by atoms with Gasteiger partial charge in [0.25, 0.3) is 11.8 Å². The van der Waals surface area contributed by atoms with E-state index in [1.54, 1.807) is 31.5 Å². The van der Waals surface area contributed by atoms with E-state index in [0.717, 1.165) is 12.0 Å². The fraction of sp³-hybridized carbons (Fsp3) is 0.576. The first-order valence-electron chi connectivity index (χ1n) is 15.4. The summed E-state index contributed by atoms with van der Waals surface area (Å²) in [6.45, 7) is 8.30. The quantitative estimate of drug-likeness (QED) is 0.198. The molecule has 0 spiro atoms. The van der Waals surface area contributed by atoms with Crippen LogP contribution in [0.2, 0.25) is 0 Å². The summed E-state index contributed by atoms with van der Waals surface area (Å²) < 4.78 is 5.82. The molecule has 0 saturated carbocycles. The van der Waals surface area contributed by atoms with Gasteiger partial charge in [-0.05, 0) is 24.4 Å². The van der Waals surface area contributed by atoms with Gasteiger partial charge < -0.3 is 25.6 Å². The van der Waals surface area contributed by atoms with Crippen LogP contribution in [0.15, 0.2) is 35.7 Å². The zero-order valence-electron chi connectivity index (χ0n) is 27.7. The lowest BCUT2D eigenvalue weighted by Crippen LogP contribution is -2.48. The maximum Gasteiger partial charge on any atom is 0.289 e. The lowest BCUT2D eigenvalue weighted by molar-refractivity contribution is -0.142. The Morgan fingerprint density at radius 3 is 2.27 bits per heavy atom. The predicted octanol–water partition coefficient (Wildman–Crippen LogP) is 3.20. The molecule has 2 aromatic rings. The summed E-state index contributed by atoms with van der Waals surface area (Å²) in [7, 11) is 6.41. The first-order chi connectivity index (χ1) is 21.4. The number of hydrogen-bond acceptors (Lipinski definition) is 9. The molecule has 248 valence electrons. The fourth-order valence-electron chi connectivity index (χ4n) is 5.26. The molecular formula is C33H49N5O6S. The SMILES string of the molecule is CCC(C)[C@H](CC(=O)CNC)C(=O)N(C)[C@H](CC(OC)c1nc(C(=O)N[C@@H](Cc2ccccc2)C(=O)C(=O)NC)cs1)C(C)C. The average Bonchev–Trinajstić information content (AvgIpc) is 3.53. The summed E-state index contributed by atoms with van der Waals surface area (Å²) in [4.78, 5) is 70.7. The van der Waals surface area contributed by atoms with Crippen LogP contribution in [0.4, 0.5) is 0 Å². The summed E-state index contributed by atoms with van der Waals surface area (Å²) in [6, 6.07) is 7.81. The minimum Gasteiger partial charge on any atom is -0.374 e. The van der Waals surface area contributed by atoms with Gasteiger partial charge in [-0.15, -0.1) is 11.3 Å². The Labute approximate surface area is 270 Å². The van der Waals surface area contributed by atoms with Gasteiger partial charge in [-0.2, -0.15) is 0 Å². The van der Waals surface area contributed by atoms with E-state index in [1.807, 2.05) is 58.0 Å². The van der Waals surface area contributed by atoms with Gasteiger partial charge in [-0.25, -0.2) is 4.98 Å². The van der Waals surface area contributed by atoms with E-state index in [0.29, 0.717) is 11.4 Å². The van der Waals surface area contributed by atoms with Crippen molar-refractivity contribution in [3.8, 4) is 0 Å². The smallest absolute Gasteiger partial charge is 0.289 e. The highest BCUT2D eigenvalue weighted by Crippen LogP contribution is 2.31. The molecule has 0 bridgehead atoms. The van der Waals surface area contributed by atoms with Gasteiger partial charge in [0.1, 0.15) is 28.6 Å². The highest BCUT2D eigenvalue weighted by atomic mass is 32.1. The van der Waals surface area contributed by atoms with Gasteiger partial charge in [-0.3, -0.25) is 24.0 Å². The van der Waals surface area contributed by atoms with Crippen LogP contribution >= 0.6 is 11.3 Å². The van der Waals surface area contributed by atoms with Crippen molar-refractivity contribution < 1.29 is 28.7 Å². The third-order valence-corrected chi connectivity index (χ3v) is 9.15. The summed E-state index contributed by atoms with van der Waals surface area (Å²) in [6.07, 6.45) is 1.00. The molecule has 3 amide bonds. The molecule has 3 N–H and O–H groups in total. The Kier molecular flexibility index (Phi) is 15.5. The maximum absolute atomic E-state index is 13.8. The third-order valence-electron chi connectivity index (χ3n) is 8.21.